The molecule has 0 fully saturated rings. The zero-order valence-corrected chi connectivity index (χ0v) is 19.7. The van der Waals surface area contributed by atoms with Crippen molar-refractivity contribution < 1.29 is 29.2 Å². The summed E-state index contributed by atoms with van der Waals surface area (Å²) >= 11 is 0. The lowest BCUT2D eigenvalue weighted by Gasteiger charge is -2.10. The molecular weight excluding hydrogens is 458 g/mol. The number of aromatic amines is 1. The monoisotopic (exact) mass is 483 g/mol. The maximum atomic E-state index is 11.4. The van der Waals surface area contributed by atoms with E-state index >= 15 is 0 Å². The Hall–Kier alpha value is -4.65. The summed E-state index contributed by atoms with van der Waals surface area (Å²) in [6.45, 7) is 0.460. The van der Waals surface area contributed by atoms with Gasteiger partial charge >= 0.3 is 6.16 Å². The maximum absolute atomic E-state index is 11.4. The first-order chi connectivity index (χ1) is 17.5. The molecule has 0 atom stereocenters. The second kappa shape index (κ2) is 9.92. The minimum atomic E-state index is -1.39. The number of carboxylic acid groups (broad SMARTS) is 1. The number of benzene rings is 4. The number of phenolic OH excluding ortho intramolecular Hbond substituents is 1. The van der Waals surface area contributed by atoms with Crippen LogP contribution in [0.4, 0.5) is 4.79 Å². The van der Waals surface area contributed by atoms with Crippen molar-refractivity contribution in [1.82, 2.24) is 4.98 Å². The highest BCUT2D eigenvalue weighted by atomic mass is 16.7. The van der Waals surface area contributed by atoms with Gasteiger partial charge in [-0.2, -0.15) is 0 Å². The van der Waals surface area contributed by atoms with Gasteiger partial charge in [-0.15, -0.1) is 0 Å². The number of methoxy groups -OCH3 is 1. The first-order valence-corrected chi connectivity index (χ1v) is 11.6. The number of para-hydroxylation sites is 1. The molecule has 1 aromatic heterocycles. The molecular formula is C29H25NO6. The summed E-state index contributed by atoms with van der Waals surface area (Å²) in [5.74, 6) is 1.41. The van der Waals surface area contributed by atoms with E-state index in [4.69, 9.17) is 14.2 Å². The number of aryl methyl sites for hydroxylation is 1. The van der Waals surface area contributed by atoms with E-state index in [0.29, 0.717) is 25.2 Å². The van der Waals surface area contributed by atoms with Crippen LogP contribution in [0.5, 0.6) is 23.1 Å². The molecule has 0 unspecified atom stereocenters. The van der Waals surface area contributed by atoms with E-state index in [1.165, 1.54) is 7.11 Å². The molecule has 5 rings (SSSR count). The highest BCUT2D eigenvalue weighted by Crippen LogP contribution is 2.38. The van der Waals surface area contributed by atoms with Crippen molar-refractivity contribution in [3.05, 3.63) is 84.4 Å². The van der Waals surface area contributed by atoms with Crippen LogP contribution in [-0.4, -0.2) is 35.1 Å². The van der Waals surface area contributed by atoms with E-state index in [0.717, 1.165) is 44.1 Å². The van der Waals surface area contributed by atoms with E-state index in [1.54, 1.807) is 18.2 Å². The average Bonchev–Trinajstić information content (AvgIpc) is 3.23. The van der Waals surface area contributed by atoms with Gasteiger partial charge in [-0.3, -0.25) is 0 Å². The predicted molar refractivity (Wildman–Crippen MR) is 138 cm³/mol. The molecule has 1 heterocycles. The lowest BCUT2D eigenvalue weighted by molar-refractivity contribution is 0.142. The van der Waals surface area contributed by atoms with Crippen LogP contribution < -0.4 is 14.2 Å². The summed E-state index contributed by atoms with van der Waals surface area (Å²) in [5, 5.41) is 22.3. The summed E-state index contributed by atoms with van der Waals surface area (Å²) in [5.41, 5.74) is 3.15. The minimum absolute atomic E-state index is 0.0432. The third kappa shape index (κ3) is 4.51. The normalized spacial score (nSPS) is 11.0. The molecule has 0 aliphatic heterocycles. The highest BCUT2D eigenvalue weighted by molar-refractivity contribution is 5.98. The van der Waals surface area contributed by atoms with Crippen molar-refractivity contribution in [2.45, 2.75) is 12.8 Å². The van der Waals surface area contributed by atoms with Gasteiger partial charge in [-0.25, -0.2) is 4.79 Å². The van der Waals surface area contributed by atoms with Crippen LogP contribution >= 0.6 is 0 Å². The van der Waals surface area contributed by atoms with Crippen LogP contribution in [0.2, 0.25) is 0 Å². The van der Waals surface area contributed by atoms with Crippen molar-refractivity contribution >= 4 is 27.8 Å². The van der Waals surface area contributed by atoms with E-state index in [9.17, 15) is 15.0 Å². The van der Waals surface area contributed by atoms with Gasteiger partial charge in [-0.05, 0) is 42.0 Å². The fraction of sp³-hybridized carbons (Fsp3) is 0.138. The molecule has 4 aromatic carbocycles. The van der Waals surface area contributed by atoms with Crippen LogP contribution in [0.1, 0.15) is 12.0 Å². The highest BCUT2D eigenvalue weighted by Gasteiger charge is 2.18. The summed E-state index contributed by atoms with van der Waals surface area (Å²) in [6.07, 6.45) is -0.179. The summed E-state index contributed by atoms with van der Waals surface area (Å²) in [6, 6.07) is 24.9. The molecule has 0 saturated carbocycles. The third-order valence-corrected chi connectivity index (χ3v) is 6.16. The van der Waals surface area contributed by atoms with Crippen LogP contribution in [0.3, 0.4) is 0 Å². The quantitative estimate of drug-likeness (QED) is 0.166. The molecule has 182 valence electrons. The third-order valence-electron chi connectivity index (χ3n) is 6.16. The standard InChI is InChI=1S/C29H25NO6/c1-34-26-17-19(14-15-24(26)31)21-10-5-11-22-23(28(30-27(21)22)36-29(32)33)12-6-16-35-25-13-4-8-18-7-2-3-9-20(18)25/h2-5,7-11,13-15,17,30-31H,6,12,16H2,1H3,(H,32,33). The smallest absolute Gasteiger partial charge is 0.504 e. The number of rotatable bonds is 8. The fourth-order valence-corrected chi connectivity index (χ4v) is 4.51. The molecule has 0 saturated heterocycles. The number of aromatic hydroxyl groups is 1. The predicted octanol–water partition coefficient (Wildman–Crippen LogP) is 6.77. The maximum Gasteiger partial charge on any atom is 0.512 e. The molecule has 0 aliphatic carbocycles. The van der Waals surface area contributed by atoms with Crippen molar-refractivity contribution in [1.29, 1.82) is 0 Å². The second-order valence-corrected chi connectivity index (χ2v) is 8.34. The lowest BCUT2D eigenvalue weighted by Crippen LogP contribution is -2.06. The Morgan fingerprint density at radius 1 is 0.917 bits per heavy atom. The zero-order valence-electron chi connectivity index (χ0n) is 19.7. The minimum Gasteiger partial charge on any atom is -0.504 e. The Morgan fingerprint density at radius 2 is 1.69 bits per heavy atom. The van der Waals surface area contributed by atoms with Gasteiger partial charge in [0, 0.05) is 21.9 Å². The van der Waals surface area contributed by atoms with Gasteiger partial charge in [0.1, 0.15) is 5.75 Å². The molecule has 36 heavy (non-hydrogen) atoms. The molecule has 0 amide bonds. The van der Waals surface area contributed by atoms with Gasteiger partial charge < -0.3 is 29.4 Å². The Labute approximate surface area is 207 Å². The van der Waals surface area contributed by atoms with Crippen molar-refractivity contribution in [2.75, 3.05) is 13.7 Å². The molecule has 0 radical (unpaired) electrons. The van der Waals surface area contributed by atoms with Gasteiger partial charge in [0.2, 0.25) is 5.88 Å². The fourth-order valence-electron chi connectivity index (χ4n) is 4.51. The number of nitrogens with one attached hydrogen (secondary N) is 1. The van der Waals surface area contributed by atoms with Crippen molar-refractivity contribution in [3.63, 3.8) is 0 Å². The van der Waals surface area contributed by atoms with Crippen LogP contribution in [0, 0.1) is 0 Å². The van der Waals surface area contributed by atoms with Crippen LogP contribution in [0.25, 0.3) is 32.8 Å². The number of ether oxygens (including phenoxy) is 3. The Balaban J connectivity index is 1.43. The number of aromatic nitrogens is 1. The number of H-pyrrole nitrogens is 1. The molecule has 0 aliphatic rings. The average molecular weight is 484 g/mol. The van der Waals surface area contributed by atoms with E-state index in [2.05, 4.69) is 4.98 Å². The number of fused-ring (bicyclic) bond motifs is 2. The first-order valence-electron chi connectivity index (χ1n) is 11.6. The number of hydrogen-bond acceptors (Lipinski definition) is 5. The lowest BCUT2D eigenvalue weighted by atomic mass is 10.00. The Kier molecular flexibility index (Phi) is 6.36. The van der Waals surface area contributed by atoms with Crippen LogP contribution in [0.15, 0.2) is 78.9 Å². The molecule has 7 heteroatoms. The van der Waals surface area contributed by atoms with E-state index < -0.39 is 6.16 Å². The Bertz CT molecular complexity index is 1550. The number of hydrogen-bond donors (Lipinski definition) is 3. The largest absolute Gasteiger partial charge is 0.512 e. The summed E-state index contributed by atoms with van der Waals surface area (Å²) in [4.78, 5) is 14.6. The zero-order chi connectivity index (χ0) is 25.1. The molecule has 0 spiro atoms. The molecule has 7 nitrogen and oxygen atoms in total. The SMILES string of the molecule is COc1cc(-c2cccc3c(CCCOc4cccc5ccccc45)c(OC(=O)O)[nH]c23)ccc1O. The van der Waals surface area contributed by atoms with Gasteiger partial charge in [-0.1, -0.05) is 60.7 Å². The number of carbonyl (C=O) groups is 1. The first kappa shape index (κ1) is 23.1. The Morgan fingerprint density at radius 3 is 2.53 bits per heavy atom. The van der Waals surface area contributed by atoms with Crippen LogP contribution in [-0.2, 0) is 6.42 Å². The van der Waals surface area contributed by atoms with Gasteiger partial charge in [0.25, 0.3) is 0 Å². The molecule has 5 aromatic rings. The van der Waals surface area contributed by atoms with Gasteiger partial charge in [0.05, 0.1) is 19.2 Å². The van der Waals surface area contributed by atoms with E-state index in [-0.39, 0.29) is 11.6 Å². The molecule has 3 N–H and O–H groups in total. The van der Waals surface area contributed by atoms with Gasteiger partial charge in [0.15, 0.2) is 11.5 Å². The molecule has 0 bridgehead atoms. The van der Waals surface area contributed by atoms with Crippen molar-refractivity contribution in [3.8, 4) is 34.3 Å². The van der Waals surface area contributed by atoms with Crippen molar-refractivity contribution in [2.24, 2.45) is 0 Å². The van der Waals surface area contributed by atoms with E-state index in [1.807, 2.05) is 60.7 Å². The second-order valence-electron chi connectivity index (χ2n) is 8.34. The summed E-state index contributed by atoms with van der Waals surface area (Å²) in [7, 11) is 1.49. The summed E-state index contributed by atoms with van der Waals surface area (Å²) < 4.78 is 16.4. The number of phenols is 1. The topological polar surface area (TPSA) is 101 Å².